The average Bonchev–Trinajstić information content (AvgIpc) is 2.99. The summed E-state index contributed by atoms with van der Waals surface area (Å²) in [6, 6.07) is 14.1. The van der Waals surface area contributed by atoms with Gasteiger partial charge < -0.3 is 10.3 Å². The number of amides is 1. The van der Waals surface area contributed by atoms with Crippen LogP contribution in [0.5, 0.6) is 0 Å². The molecule has 140 valence electrons. The van der Waals surface area contributed by atoms with Crippen molar-refractivity contribution < 1.29 is 13.2 Å². The van der Waals surface area contributed by atoms with Crippen molar-refractivity contribution in [2.45, 2.75) is 24.8 Å². The number of carbonyl (C=O) groups excluding carboxylic acids is 1. The number of nitrogens with zero attached hydrogens (tertiary/aromatic N) is 2. The highest BCUT2D eigenvalue weighted by Gasteiger charge is 2.13. The van der Waals surface area contributed by atoms with Crippen molar-refractivity contribution in [3.8, 4) is 0 Å². The van der Waals surface area contributed by atoms with Gasteiger partial charge in [0.25, 0.3) is 10.0 Å². The number of para-hydroxylation sites is 1. The molecule has 3 rings (SSSR count). The van der Waals surface area contributed by atoms with Crippen molar-refractivity contribution in [1.29, 1.82) is 0 Å². The first-order valence-electron chi connectivity index (χ1n) is 8.40. The van der Waals surface area contributed by atoms with Gasteiger partial charge >= 0.3 is 0 Å². The van der Waals surface area contributed by atoms with E-state index in [1.165, 1.54) is 6.21 Å². The molecule has 0 spiro atoms. The van der Waals surface area contributed by atoms with Gasteiger partial charge in [0.1, 0.15) is 6.54 Å². The Morgan fingerprint density at radius 1 is 1.19 bits per heavy atom. The largest absolute Gasteiger partial charge is 0.368 e. The Balaban J connectivity index is 1.84. The van der Waals surface area contributed by atoms with Crippen LogP contribution in [0.25, 0.3) is 10.9 Å². The Morgan fingerprint density at radius 2 is 1.89 bits per heavy atom. The number of aryl methyl sites for hydroxylation is 1. The molecular weight excluding hydrogens is 364 g/mol. The lowest BCUT2D eigenvalue weighted by Crippen LogP contribution is -2.18. The second-order valence-electron chi connectivity index (χ2n) is 6.05. The van der Waals surface area contributed by atoms with Crippen molar-refractivity contribution in [3.63, 3.8) is 0 Å². The lowest BCUT2D eigenvalue weighted by molar-refractivity contribution is -0.118. The van der Waals surface area contributed by atoms with Crippen LogP contribution in [0.15, 0.2) is 64.7 Å². The van der Waals surface area contributed by atoms with Gasteiger partial charge in [0, 0.05) is 22.7 Å². The van der Waals surface area contributed by atoms with Crippen LogP contribution >= 0.6 is 0 Å². The van der Waals surface area contributed by atoms with Gasteiger partial charge in [-0.15, -0.1) is 0 Å². The minimum absolute atomic E-state index is 0.0316. The van der Waals surface area contributed by atoms with Gasteiger partial charge in [-0.2, -0.15) is 13.5 Å². The van der Waals surface area contributed by atoms with Gasteiger partial charge in [0.2, 0.25) is 5.91 Å². The predicted molar refractivity (Wildman–Crippen MR) is 105 cm³/mol. The van der Waals surface area contributed by atoms with Crippen LogP contribution in [-0.4, -0.2) is 25.1 Å². The highest BCUT2D eigenvalue weighted by Crippen LogP contribution is 2.20. The minimum atomic E-state index is -3.75. The van der Waals surface area contributed by atoms with Crippen LogP contribution < -0.4 is 10.6 Å². The zero-order valence-electron chi connectivity index (χ0n) is 14.8. The number of hydrogen-bond donors (Lipinski definition) is 2. The van der Waals surface area contributed by atoms with Crippen molar-refractivity contribution in [3.05, 3.63) is 65.9 Å². The van der Waals surface area contributed by atoms with Crippen molar-refractivity contribution in [1.82, 2.24) is 9.40 Å². The zero-order chi connectivity index (χ0) is 19.4. The van der Waals surface area contributed by atoms with E-state index < -0.39 is 15.9 Å². The molecule has 1 aromatic heterocycles. The molecule has 0 unspecified atom stereocenters. The number of sulfonamides is 1. The van der Waals surface area contributed by atoms with Crippen LogP contribution in [0.3, 0.4) is 0 Å². The molecule has 0 bridgehead atoms. The molecule has 1 heterocycles. The number of benzene rings is 2. The SMILES string of the molecule is CCc1ccc(S(=O)(=O)NN=Cc2cn(CC(N)=O)c3ccccc23)cc1. The van der Waals surface area contributed by atoms with E-state index in [-0.39, 0.29) is 11.4 Å². The molecule has 2 aromatic carbocycles. The number of rotatable bonds is 7. The highest BCUT2D eigenvalue weighted by molar-refractivity contribution is 7.89. The maximum atomic E-state index is 12.3. The summed E-state index contributed by atoms with van der Waals surface area (Å²) in [6.45, 7) is 2.03. The quantitative estimate of drug-likeness (QED) is 0.480. The van der Waals surface area contributed by atoms with Gasteiger partial charge in [-0.05, 0) is 30.2 Å². The van der Waals surface area contributed by atoms with Crippen molar-refractivity contribution in [2.75, 3.05) is 0 Å². The first kappa shape index (κ1) is 18.7. The molecule has 8 heteroatoms. The third-order valence-electron chi connectivity index (χ3n) is 4.16. The molecule has 0 fully saturated rings. The highest BCUT2D eigenvalue weighted by atomic mass is 32.2. The molecular formula is C19H20N4O3S. The van der Waals surface area contributed by atoms with E-state index >= 15 is 0 Å². The summed E-state index contributed by atoms with van der Waals surface area (Å²) in [5.74, 6) is -0.463. The Bertz CT molecular complexity index is 1100. The molecule has 0 atom stereocenters. The monoisotopic (exact) mass is 384 g/mol. The molecule has 1 amide bonds. The maximum absolute atomic E-state index is 12.3. The molecule has 0 radical (unpaired) electrons. The van der Waals surface area contributed by atoms with Crippen LogP contribution in [0, 0.1) is 0 Å². The summed E-state index contributed by atoms with van der Waals surface area (Å²) < 4.78 is 26.4. The molecule has 3 aromatic rings. The van der Waals surface area contributed by atoms with Gasteiger partial charge in [0.15, 0.2) is 0 Å². The van der Waals surface area contributed by atoms with Gasteiger partial charge in [-0.3, -0.25) is 4.79 Å². The molecule has 7 nitrogen and oxygen atoms in total. The third kappa shape index (κ3) is 4.17. The number of carbonyl (C=O) groups is 1. The van der Waals surface area contributed by atoms with Gasteiger partial charge in [0.05, 0.1) is 11.1 Å². The van der Waals surface area contributed by atoms with Crippen LogP contribution in [0.1, 0.15) is 18.1 Å². The third-order valence-corrected chi connectivity index (χ3v) is 5.40. The van der Waals surface area contributed by atoms with Gasteiger partial charge in [-0.25, -0.2) is 4.83 Å². The summed E-state index contributed by atoms with van der Waals surface area (Å²) in [5, 5.41) is 4.72. The van der Waals surface area contributed by atoms with E-state index in [0.29, 0.717) is 5.56 Å². The molecule has 27 heavy (non-hydrogen) atoms. The first-order valence-corrected chi connectivity index (χ1v) is 9.89. The fraction of sp³-hybridized carbons (Fsp3) is 0.158. The fourth-order valence-electron chi connectivity index (χ4n) is 2.80. The summed E-state index contributed by atoms with van der Waals surface area (Å²) in [6.07, 6.45) is 3.96. The summed E-state index contributed by atoms with van der Waals surface area (Å²) in [7, 11) is -3.75. The fourth-order valence-corrected chi connectivity index (χ4v) is 3.59. The Kier molecular flexibility index (Phi) is 5.27. The lowest BCUT2D eigenvalue weighted by Gasteiger charge is -2.04. The molecule has 3 N–H and O–H groups in total. The minimum Gasteiger partial charge on any atom is -0.368 e. The standard InChI is InChI=1S/C19H20N4O3S/c1-2-14-7-9-16(10-8-14)27(25,26)22-21-11-15-12-23(13-19(20)24)18-6-4-3-5-17(15)18/h3-12,22H,2,13H2,1H3,(H2,20,24). The van der Waals surface area contributed by atoms with E-state index in [9.17, 15) is 13.2 Å². The summed E-state index contributed by atoms with van der Waals surface area (Å²) >= 11 is 0. The normalized spacial score (nSPS) is 11.9. The number of hydrazone groups is 1. The molecule has 0 saturated carbocycles. The molecule has 0 aliphatic rings. The lowest BCUT2D eigenvalue weighted by atomic mass is 10.2. The van der Waals surface area contributed by atoms with Crippen molar-refractivity contribution in [2.24, 2.45) is 10.8 Å². The first-order chi connectivity index (χ1) is 12.9. The van der Waals surface area contributed by atoms with E-state index in [2.05, 4.69) is 9.93 Å². The number of primary amides is 1. The summed E-state index contributed by atoms with van der Waals surface area (Å²) in [4.78, 5) is 13.6. The molecule has 0 aliphatic heterocycles. The predicted octanol–water partition coefficient (Wildman–Crippen LogP) is 2.00. The second-order valence-corrected chi connectivity index (χ2v) is 7.71. The number of nitrogens with two attached hydrogens (primary N) is 1. The Hall–Kier alpha value is -3.13. The topological polar surface area (TPSA) is 107 Å². The van der Waals surface area contributed by atoms with Crippen LogP contribution in [0.2, 0.25) is 0 Å². The second kappa shape index (κ2) is 7.63. The molecule has 0 aliphatic carbocycles. The number of hydrogen-bond acceptors (Lipinski definition) is 4. The summed E-state index contributed by atoms with van der Waals surface area (Å²) in [5.41, 5.74) is 7.83. The average molecular weight is 384 g/mol. The number of fused-ring (bicyclic) bond motifs is 1. The van der Waals surface area contributed by atoms with Crippen LogP contribution in [0.4, 0.5) is 0 Å². The van der Waals surface area contributed by atoms with E-state index in [1.54, 1.807) is 35.0 Å². The zero-order valence-corrected chi connectivity index (χ0v) is 15.6. The Labute approximate surface area is 157 Å². The van der Waals surface area contributed by atoms with E-state index in [4.69, 9.17) is 5.73 Å². The van der Waals surface area contributed by atoms with E-state index in [0.717, 1.165) is 22.9 Å². The number of nitrogens with one attached hydrogen (secondary N) is 1. The van der Waals surface area contributed by atoms with Crippen molar-refractivity contribution >= 4 is 33.0 Å². The Morgan fingerprint density at radius 3 is 2.56 bits per heavy atom. The van der Waals surface area contributed by atoms with Crippen LogP contribution in [-0.2, 0) is 27.8 Å². The van der Waals surface area contributed by atoms with E-state index in [1.807, 2.05) is 31.2 Å². The maximum Gasteiger partial charge on any atom is 0.276 e. The smallest absolute Gasteiger partial charge is 0.276 e. The van der Waals surface area contributed by atoms with Gasteiger partial charge in [-0.1, -0.05) is 37.3 Å². The number of aromatic nitrogens is 1. The molecule has 0 saturated heterocycles.